The Balaban J connectivity index is 2.13. The van der Waals surface area contributed by atoms with Gasteiger partial charge in [0.05, 0.1) is 16.6 Å². The topological polar surface area (TPSA) is 63.7 Å². The molecule has 1 aromatic carbocycles. The summed E-state index contributed by atoms with van der Waals surface area (Å²) in [5.41, 5.74) is -0.475. The van der Waals surface area contributed by atoms with Crippen LogP contribution in [0.3, 0.4) is 0 Å². The van der Waals surface area contributed by atoms with Gasteiger partial charge in [-0.3, -0.25) is 19.3 Å². The van der Waals surface area contributed by atoms with Gasteiger partial charge in [-0.05, 0) is 49.4 Å². The van der Waals surface area contributed by atoms with Gasteiger partial charge in [-0.15, -0.1) is 0 Å². The number of halogens is 3. The van der Waals surface area contributed by atoms with E-state index in [0.29, 0.717) is 17.3 Å². The Morgan fingerprint density at radius 3 is 2.36 bits per heavy atom. The molecule has 1 heterocycles. The Bertz CT molecular complexity index is 726. The van der Waals surface area contributed by atoms with Gasteiger partial charge >= 0.3 is 12.1 Å². The van der Waals surface area contributed by atoms with Gasteiger partial charge in [0.1, 0.15) is 6.54 Å². The number of carbonyl (C=O) groups is 3. The summed E-state index contributed by atoms with van der Waals surface area (Å²) in [5, 5.41) is -0.635. The van der Waals surface area contributed by atoms with Gasteiger partial charge in [0.15, 0.2) is 0 Å². The molecule has 0 unspecified atom stereocenters. The van der Waals surface area contributed by atoms with Crippen LogP contribution in [0.1, 0.15) is 25.0 Å². The van der Waals surface area contributed by atoms with Crippen LogP contribution in [0.15, 0.2) is 29.2 Å². The highest BCUT2D eigenvalue weighted by molar-refractivity contribution is 8.18. The van der Waals surface area contributed by atoms with Crippen molar-refractivity contribution >= 4 is 35.0 Å². The lowest BCUT2D eigenvalue weighted by molar-refractivity contribution is -0.149. The number of ether oxygens (including phenoxy) is 1. The van der Waals surface area contributed by atoms with E-state index in [9.17, 15) is 27.6 Å². The van der Waals surface area contributed by atoms with Crippen LogP contribution in [0.4, 0.5) is 18.0 Å². The van der Waals surface area contributed by atoms with Crippen molar-refractivity contribution in [2.45, 2.75) is 26.1 Å². The van der Waals surface area contributed by atoms with E-state index in [2.05, 4.69) is 0 Å². The van der Waals surface area contributed by atoms with Crippen LogP contribution < -0.4 is 0 Å². The molecule has 0 aromatic heterocycles. The fourth-order valence-electron chi connectivity index (χ4n) is 1.99. The Labute approximate surface area is 145 Å². The molecule has 9 heteroatoms. The van der Waals surface area contributed by atoms with Crippen LogP contribution in [0.5, 0.6) is 0 Å². The molecule has 0 saturated carbocycles. The molecule has 134 valence electrons. The van der Waals surface area contributed by atoms with Crippen molar-refractivity contribution in [3.05, 3.63) is 40.3 Å². The highest BCUT2D eigenvalue weighted by atomic mass is 32.2. The molecule has 25 heavy (non-hydrogen) atoms. The molecule has 1 aliphatic heterocycles. The summed E-state index contributed by atoms with van der Waals surface area (Å²) < 4.78 is 42.5. The van der Waals surface area contributed by atoms with Crippen molar-refractivity contribution in [3.8, 4) is 0 Å². The van der Waals surface area contributed by atoms with Gasteiger partial charge in [-0.25, -0.2) is 0 Å². The van der Waals surface area contributed by atoms with E-state index in [1.807, 2.05) is 0 Å². The van der Waals surface area contributed by atoms with Gasteiger partial charge in [0.2, 0.25) is 0 Å². The predicted molar refractivity (Wildman–Crippen MR) is 85.3 cm³/mol. The zero-order chi connectivity index (χ0) is 18.8. The summed E-state index contributed by atoms with van der Waals surface area (Å²) in [5.74, 6) is -1.40. The normalized spacial score (nSPS) is 16.9. The molecule has 0 radical (unpaired) electrons. The Morgan fingerprint density at radius 1 is 1.24 bits per heavy atom. The van der Waals surface area contributed by atoms with Crippen molar-refractivity contribution in [2.24, 2.45) is 0 Å². The van der Waals surface area contributed by atoms with Crippen LogP contribution in [0, 0.1) is 0 Å². The quantitative estimate of drug-likeness (QED) is 0.595. The number of hydrogen-bond acceptors (Lipinski definition) is 5. The molecular weight excluding hydrogens is 359 g/mol. The number of carbonyl (C=O) groups excluding carboxylic acids is 3. The number of esters is 1. The molecule has 0 bridgehead atoms. The van der Waals surface area contributed by atoms with E-state index in [-0.39, 0.29) is 11.0 Å². The van der Waals surface area contributed by atoms with Gasteiger partial charge in [-0.1, -0.05) is 12.1 Å². The SMILES string of the molecule is CC(C)OC(=O)CN1C(=O)S/C(=C\c2ccc(C(F)(F)F)cc2)C1=O. The van der Waals surface area contributed by atoms with Crippen LogP contribution in [-0.2, 0) is 20.5 Å². The Hall–Kier alpha value is -2.29. The van der Waals surface area contributed by atoms with E-state index in [4.69, 9.17) is 4.74 Å². The molecule has 1 fully saturated rings. The highest BCUT2D eigenvalue weighted by Gasteiger charge is 2.37. The van der Waals surface area contributed by atoms with E-state index in [1.165, 1.54) is 18.2 Å². The first-order valence-electron chi connectivity index (χ1n) is 7.20. The van der Waals surface area contributed by atoms with Gasteiger partial charge in [-0.2, -0.15) is 13.2 Å². The molecule has 0 spiro atoms. The van der Waals surface area contributed by atoms with Crippen molar-refractivity contribution in [1.29, 1.82) is 0 Å². The third kappa shape index (κ3) is 4.85. The van der Waals surface area contributed by atoms with E-state index in [1.54, 1.807) is 13.8 Å². The maximum atomic E-state index is 12.5. The number of benzene rings is 1. The molecule has 0 N–H and O–H groups in total. The first-order chi connectivity index (χ1) is 11.6. The molecule has 5 nitrogen and oxygen atoms in total. The minimum atomic E-state index is -4.45. The molecule has 1 saturated heterocycles. The second-order valence-corrected chi connectivity index (χ2v) is 6.42. The molecule has 0 atom stereocenters. The second kappa shape index (κ2) is 7.30. The van der Waals surface area contributed by atoms with Gasteiger partial charge in [0, 0.05) is 0 Å². The number of alkyl halides is 3. The summed E-state index contributed by atoms with van der Waals surface area (Å²) in [6.07, 6.45) is -3.53. The molecule has 1 aromatic rings. The average molecular weight is 373 g/mol. The average Bonchev–Trinajstić information content (AvgIpc) is 2.74. The fraction of sp³-hybridized carbons (Fsp3) is 0.312. The summed E-state index contributed by atoms with van der Waals surface area (Å²) in [7, 11) is 0. The third-order valence-electron chi connectivity index (χ3n) is 3.06. The monoisotopic (exact) mass is 373 g/mol. The number of hydrogen-bond donors (Lipinski definition) is 0. The lowest BCUT2D eigenvalue weighted by Crippen LogP contribution is -2.35. The first kappa shape index (κ1) is 19.0. The van der Waals surface area contributed by atoms with Gasteiger partial charge < -0.3 is 4.74 Å². The number of thioether (sulfide) groups is 1. The third-order valence-corrected chi connectivity index (χ3v) is 3.97. The highest BCUT2D eigenvalue weighted by Crippen LogP contribution is 2.33. The van der Waals surface area contributed by atoms with Crippen LogP contribution >= 0.6 is 11.8 Å². The van der Waals surface area contributed by atoms with Crippen LogP contribution in [0.25, 0.3) is 6.08 Å². The van der Waals surface area contributed by atoms with Crippen molar-refractivity contribution in [1.82, 2.24) is 4.90 Å². The summed E-state index contributed by atoms with van der Waals surface area (Å²) in [6.45, 7) is 2.76. The van der Waals surface area contributed by atoms with E-state index in [0.717, 1.165) is 17.0 Å². The lowest BCUT2D eigenvalue weighted by Gasteiger charge is -2.13. The van der Waals surface area contributed by atoms with E-state index < -0.39 is 35.4 Å². The van der Waals surface area contributed by atoms with E-state index >= 15 is 0 Å². The Kier molecular flexibility index (Phi) is 5.56. The fourth-order valence-corrected chi connectivity index (χ4v) is 2.82. The molecule has 1 aliphatic rings. The largest absolute Gasteiger partial charge is 0.462 e. The molecule has 0 aliphatic carbocycles. The van der Waals surface area contributed by atoms with Crippen LogP contribution in [-0.4, -0.2) is 34.7 Å². The minimum Gasteiger partial charge on any atom is -0.462 e. The smallest absolute Gasteiger partial charge is 0.416 e. The van der Waals surface area contributed by atoms with Crippen LogP contribution in [0.2, 0.25) is 0 Å². The molecule has 2 amide bonds. The van der Waals surface area contributed by atoms with Crippen molar-refractivity contribution in [2.75, 3.05) is 6.54 Å². The molecular formula is C16H14F3NO4S. The predicted octanol–water partition coefficient (Wildman–Crippen LogP) is 3.69. The number of rotatable bonds is 4. The number of imide groups is 1. The summed E-state index contributed by atoms with van der Waals surface area (Å²) >= 11 is 0.616. The maximum absolute atomic E-state index is 12.5. The zero-order valence-corrected chi connectivity index (χ0v) is 14.1. The minimum absolute atomic E-state index is 0.0297. The first-order valence-corrected chi connectivity index (χ1v) is 8.01. The number of amides is 2. The molecule has 2 rings (SSSR count). The number of nitrogens with zero attached hydrogens (tertiary/aromatic N) is 1. The summed E-state index contributed by atoms with van der Waals surface area (Å²) in [4.78, 5) is 36.4. The van der Waals surface area contributed by atoms with Crippen molar-refractivity contribution < 1.29 is 32.3 Å². The summed E-state index contributed by atoms with van der Waals surface area (Å²) in [6, 6.07) is 4.17. The van der Waals surface area contributed by atoms with Crippen molar-refractivity contribution in [3.63, 3.8) is 0 Å². The zero-order valence-electron chi connectivity index (χ0n) is 13.3. The van der Waals surface area contributed by atoms with Gasteiger partial charge in [0.25, 0.3) is 11.1 Å². The lowest BCUT2D eigenvalue weighted by atomic mass is 10.1. The maximum Gasteiger partial charge on any atom is 0.416 e. The second-order valence-electron chi connectivity index (χ2n) is 5.43. The standard InChI is InChI=1S/C16H14F3NO4S/c1-9(2)24-13(21)8-20-14(22)12(25-15(20)23)7-10-3-5-11(6-4-10)16(17,18)19/h3-7,9H,8H2,1-2H3/b12-7-. The Morgan fingerprint density at radius 2 is 1.84 bits per heavy atom.